The lowest BCUT2D eigenvalue weighted by Gasteiger charge is -2.24. The van der Waals surface area contributed by atoms with Gasteiger partial charge in [-0.25, -0.2) is 0 Å². The van der Waals surface area contributed by atoms with Crippen molar-refractivity contribution in [2.45, 2.75) is 25.4 Å². The third kappa shape index (κ3) is 4.76. The van der Waals surface area contributed by atoms with E-state index in [0.717, 1.165) is 32.6 Å². The van der Waals surface area contributed by atoms with E-state index in [1.165, 1.54) is 18.4 Å². The molecule has 128 valence electrons. The molecule has 1 aromatic rings. The highest BCUT2D eigenvalue weighted by Gasteiger charge is 2.26. The second-order valence-electron chi connectivity index (χ2n) is 6.63. The summed E-state index contributed by atoms with van der Waals surface area (Å²) in [5, 5.41) is 17.0. The summed E-state index contributed by atoms with van der Waals surface area (Å²) in [5.41, 5.74) is 1.17. The Hall–Kier alpha value is -1.44. The number of aromatic nitrogens is 2. The number of H-pyrrole nitrogens is 1. The van der Waals surface area contributed by atoms with Crippen molar-refractivity contribution < 1.29 is 9.90 Å². The molecule has 1 unspecified atom stereocenters. The number of rotatable bonds is 5. The molecule has 2 aliphatic heterocycles. The number of likely N-dealkylation sites (tertiary alicyclic amines) is 1. The summed E-state index contributed by atoms with van der Waals surface area (Å²) in [4.78, 5) is 18.7. The third-order valence-electron chi connectivity index (χ3n) is 4.77. The predicted octanol–water partition coefficient (Wildman–Crippen LogP) is -0.447. The van der Waals surface area contributed by atoms with Gasteiger partial charge in [0.25, 0.3) is 0 Å². The first-order chi connectivity index (χ1) is 11.2. The smallest absolute Gasteiger partial charge is 0.236 e. The summed E-state index contributed by atoms with van der Waals surface area (Å²) in [6.07, 6.45) is 6.56. The van der Waals surface area contributed by atoms with Gasteiger partial charge in [-0.1, -0.05) is 0 Å². The lowest BCUT2D eigenvalue weighted by Crippen LogP contribution is -2.43. The molecular formula is C16H27N5O2. The van der Waals surface area contributed by atoms with Gasteiger partial charge in [-0.15, -0.1) is 0 Å². The fraction of sp³-hybridized carbons (Fsp3) is 0.750. The minimum absolute atomic E-state index is 0.155. The SMILES string of the molecule is O=C(CN1CCCC1)N1CCN(CCc2cn[nH]c2)CC(O)C1. The number of aliphatic hydroxyl groups is 1. The lowest BCUT2D eigenvalue weighted by atomic mass is 10.2. The molecule has 3 heterocycles. The number of amides is 1. The molecule has 1 amide bonds. The van der Waals surface area contributed by atoms with Gasteiger partial charge in [-0.3, -0.25) is 19.7 Å². The first kappa shape index (κ1) is 16.4. The maximum Gasteiger partial charge on any atom is 0.236 e. The van der Waals surface area contributed by atoms with Gasteiger partial charge >= 0.3 is 0 Å². The van der Waals surface area contributed by atoms with Crippen molar-refractivity contribution in [3.05, 3.63) is 18.0 Å². The zero-order valence-corrected chi connectivity index (χ0v) is 13.7. The molecule has 0 bridgehead atoms. The molecule has 3 rings (SSSR count). The number of carbonyl (C=O) groups excluding carboxylic acids is 1. The molecule has 1 atom stereocenters. The molecule has 0 aliphatic carbocycles. The molecule has 2 N–H and O–H groups in total. The summed E-state index contributed by atoms with van der Waals surface area (Å²) in [6, 6.07) is 0. The van der Waals surface area contributed by atoms with E-state index in [4.69, 9.17) is 0 Å². The van der Waals surface area contributed by atoms with Crippen LogP contribution in [0, 0.1) is 0 Å². The molecule has 2 aliphatic rings. The Kier molecular flexibility index (Phi) is 5.64. The highest BCUT2D eigenvalue weighted by Crippen LogP contribution is 2.10. The van der Waals surface area contributed by atoms with Crippen molar-refractivity contribution in [3.8, 4) is 0 Å². The Balaban J connectivity index is 1.47. The topological polar surface area (TPSA) is 75.7 Å². The molecule has 2 fully saturated rings. The highest BCUT2D eigenvalue weighted by molar-refractivity contribution is 5.78. The number of nitrogens with one attached hydrogen (secondary N) is 1. The molecule has 0 aromatic carbocycles. The fourth-order valence-electron chi connectivity index (χ4n) is 3.42. The Labute approximate surface area is 137 Å². The molecule has 23 heavy (non-hydrogen) atoms. The van der Waals surface area contributed by atoms with Crippen molar-refractivity contribution in [1.82, 2.24) is 24.9 Å². The van der Waals surface area contributed by atoms with Crippen LogP contribution in [0.25, 0.3) is 0 Å². The van der Waals surface area contributed by atoms with Crippen molar-refractivity contribution in [1.29, 1.82) is 0 Å². The van der Waals surface area contributed by atoms with Crippen LogP contribution in [0.5, 0.6) is 0 Å². The van der Waals surface area contributed by atoms with Gasteiger partial charge in [0.15, 0.2) is 0 Å². The summed E-state index contributed by atoms with van der Waals surface area (Å²) in [5.74, 6) is 0.155. The highest BCUT2D eigenvalue weighted by atomic mass is 16.3. The van der Waals surface area contributed by atoms with Gasteiger partial charge in [-0.2, -0.15) is 5.10 Å². The number of hydrogen-bond donors (Lipinski definition) is 2. The van der Waals surface area contributed by atoms with Crippen LogP contribution in [0.2, 0.25) is 0 Å². The number of β-amino-alcohol motifs (C(OH)–C–C–N with tert-alkyl or cyclic N) is 1. The van der Waals surface area contributed by atoms with E-state index < -0.39 is 6.10 Å². The van der Waals surface area contributed by atoms with Crippen LogP contribution in [0.3, 0.4) is 0 Å². The zero-order chi connectivity index (χ0) is 16.1. The van der Waals surface area contributed by atoms with Crippen molar-refractivity contribution in [2.24, 2.45) is 0 Å². The number of carbonyl (C=O) groups is 1. The standard InChI is InChI=1S/C16H27N5O2/c22-15-11-20(6-3-14-9-17-18-10-14)7-8-21(12-15)16(23)13-19-4-1-2-5-19/h9-10,15,22H,1-8,11-13H2,(H,17,18). The summed E-state index contributed by atoms with van der Waals surface area (Å²) >= 11 is 0. The zero-order valence-electron chi connectivity index (χ0n) is 13.7. The second-order valence-corrected chi connectivity index (χ2v) is 6.63. The molecule has 1 aromatic heterocycles. The number of hydrogen-bond acceptors (Lipinski definition) is 5. The Morgan fingerprint density at radius 3 is 2.78 bits per heavy atom. The average molecular weight is 321 g/mol. The fourth-order valence-corrected chi connectivity index (χ4v) is 3.42. The first-order valence-corrected chi connectivity index (χ1v) is 8.59. The Morgan fingerprint density at radius 2 is 2.04 bits per heavy atom. The van der Waals surface area contributed by atoms with E-state index >= 15 is 0 Å². The minimum Gasteiger partial charge on any atom is -0.390 e. The molecule has 0 radical (unpaired) electrons. The lowest BCUT2D eigenvalue weighted by molar-refractivity contribution is -0.133. The van der Waals surface area contributed by atoms with Gasteiger partial charge in [0.1, 0.15) is 0 Å². The van der Waals surface area contributed by atoms with E-state index in [1.54, 1.807) is 0 Å². The van der Waals surface area contributed by atoms with Gasteiger partial charge < -0.3 is 10.0 Å². The predicted molar refractivity (Wildman–Crippen MR) is 87.0 cm³/mol. The second kappa shape index (κ2) is 7.90. The summed E-state index contributed by atoms with van der Waals surface area (Å²) in [7, 11) is 0. The maximum absolute atomic E-state index is 12.4. The first-order valence-electron chi connectivity index (χ1n) is 8.59. The van der Waals surface area contributed by atoms with E-state index in [1.807, 2.05) is 17.3 Å². The van der Waals surface area contributed by atoms with Crippen LogP contribution < -0.4 is 0 Å². The third-order valence-corrected chi connectivity index (χ3v) is 4.77. The van der Waals surface area contributed by atoms with Gasteiger partial charge in [0, 0.05) is 38.9 Å². The summed E-state index contributed by atoms with van der Waals surface area (Å²) in [6.45, 7) is 6.04. The van der Waals surface area contributed by atoms with Crippen LogP contribution in [0.4, 0.5) is 0 Å². The van der Waals surface area contributed by atoms with E-state index in [0.29, 0.717) is 26.2 Å². The maximum atomic E-state index is 12.4. The quantitative estimate of drug-likeness (QED) is 0.768. The van der Waals surface area contributed by atoms with E-state index in [-0.39, 0.29) is 5.91 Å². The molecular weight excluding hydrogens is 294 g/mol. The van der Waals surface area contributed by atoms with Gasteiger partial charge in [-0.05, 0) is 37.9 Å². The Morgan fingerprint density at radius 1 is 1.22 bits per heavy atom. The molecule has 7 heteroatoms. The van der Waals surface area contributed by atoms with E-state index in [2.05, 4.69) is 20.0 Å². The number of aromatic amines is 1. The minimum atomic E-state index is -0.468. The summed E-state index contributed by atoms with van der Waals surface area (Å²) < 4.78 is 0. The average Bonchev–Trinajstić information content (AvgIpc) is 3.18. The van der Waals surface area contributed by atoms with Crippen LogP contribution in [0.15, 0.2) is 12.4 Å². The largest absolute Gasteiger partial charge is 0.390 e. The van der Waals surface area contributed by atoms with Crippen molar-refractivity contribution >= 4 is 5.91 Å². The van der Waals surface area contributed by atoms with Crippen LogP contribution in [-0.2, 0) is 11.2 Å². The van der Waals surface area contributed by atoms with E-state index in [9.17, 15) is 9.90 Å². The number of aliphatic hydroxyl groups excluding tert-OH is 1. The van der Waals surface area contributed by atoms with Crippen LogP contribution >= 0.6 is 0 Å². The molecule has 0 spiro atoms. The molecule has 0 saturated carbocycles. The Bertz CT molecular complexity index is 487. The normalized spacial score (nSPS) is 24.0. The molecule has 7 nitrogen and oxygen atoms in total. The van der Waals surface area contributed by atoms with Gasteiger partial charge in [0.05, 0.1) is 18.8 Å². The van der Waals surface area contributed by atoms with Crippen LogP contribution in [-0.4, -0.2) is 94.4 Å². The van der Waals surface area contributed by atoms with Gasteiger partial charge in [0.2, 0.25) is 5.91 Å². The number of nitrogens with zero attached hydrogens (tertiary/aromatic N) is 4. The molecule has 2 saturated heterocycles. The van der Waals surface area contributed by atoms with Crippen molar-refractivity contribution in [3.63, 3.8) is 0 Å². The van der Waals surface area contributed by atoms with Crippen LogP contribution in [0.1, 0.15) is 18.4 Å². The van der Waals surface area contributed by atoms with Crippen molar-refractivity contribution in [2.75, 3.05) is 52.4 Å². The monoisotopic (exact) mass is 321 g/mol.